The molecule has 2 amide bonds. The summed E-state index contributed by atoms with van der Waals surface area (Å²) in [7, 11) is -4.47. The molecule has 2 saturated carbocycles. The summed E-state index contributed by atoms with van der Waals surface area (Å²) in [5.74, 6) is -1.89. The molecule has 2 aliphatic carbocycles. The number of carbonyl (C=O) groups is 3. The molecule has 4 aliphatic rings. The van der Waals surface area contributed by atoms with Gasteiger partial charge in [0.25, 0.3) is 21.9 Å². The van der Waals surface area contributed by atoms with Crippen LogP contribution in [0, 0.1) is 16.7 Å². The van der Waals surface area contributed by atoms with E-state index in [-0.39, 0.29) is 28.9 Å². The number of Topliss-reactive ketones (excluding diaryl/α,β-unsaturated/α-hetero) is 1. The number of ether oxygens (including phenoxy) is 2. The van der Waals surface area contributed by atoms with Crippen molar-refractivity contribution in [2.45, 2.75) is 52.1 Å². The van der Waals surface area contributed by atoms with E-state index in [0.29, 0.717) is 47.6 Å². The van der Waals surface area contributed by atoms with E-state index in [4.69, 9.17) is 13.8 Å². The van der Waals surface area contributed by atoms with Crippen LogP contribution in [0.3, 0.4) is 0 Å². The molecule has 2 aromatic carbocycles. The second kappa shape index (κ2) is 8.34. The first-order valence-corrected chi connectivity index (χ1v) is 14.3. The number of fused-ring (bicyclic) bond motifs is 2. The summed E-state index contributed by atoms with van der Waals surface area (Å²) in [6, 6.07) is 8.19. The molecule has 3 atom stereocenters. The lowest BCUT2D eigenvalue weighted by molar-refractivity contribution is -0.128. The Bertz CT molecular complexity index is 1440. The number of ketones is 1. The van der Waals surface area contributed by atoms with Crippen molar-refractivity contribution in [3.63, 3.8) is 0 Å². The SMILES string of the molecule is CC1(C)C2CCC1(CS(=O)(=O)ON1C(=O)c3cccc4cc(OCC5CCCO5)cc(c34)C1=O)C(=O)C2. The van der Waals surface area contributed by atoms with E-state index >= 15 is 0 Å². The summed E-state index contributed by atoms with van der Waals surface area (Å²) in [6.07, 6.45) is 3.37. The highest BCUT2D eigenvalue weighted by Gasteiger charge is 2.65. The van der Waals surface area contributed by atoms with Crippen LogP contribution in [-0.4, -0.2) is 56.1 Å². The topological polar surface area (TPSA) is 116 Å². The smallest absolute Gasteiger partial charge is 0.289 e. The number of amides is 2. The molecular weight excluding hydrogens is 498 g/mol. The maximum absolute atomic E-state index is 13.5. The van der Waals surface area contributed by atoms with E-state index in [1.54, 1.807) is 18.2 Å². The van der Waals surface area contributed by atoms with Gasteiger partial charge in [0.2, 0.25) is 0 Å². The molecule has 37 heavy (non-hydrogen) atoms. The fourth-order valence-electron chi connectivity index (χ4n) is 6.72. The summed E-state index contributed by atoms with van der Waals surface area (Å²) < 4.78 is 43.3. The van der Waals surface area contributed by atoms with Crippen molar-refractivity contribution in [1.29, 1.82) is 0 Å². The zero-order valence-corrected chi connectivity index (χ0v) is 21.6. The number of hydroxylamine groups is 2. The first-order chi connectivity index (χ1) is 17.5. The van der Waals surface area contributed by atoms with Crippen molar-refractivity contribution in [3.8, 4) is 5.75 Å². The van der Waals surface area contributed by atoms with Crippen molar-refractivity contribution in [2.75, 3.05) is 19.0 Å². The Morgan fingerprint density at radius 1 is 1.08 bits per heavy atom. The first-order valence-electron chi connectivity index (χ1n) is 12.7. The van der Waals surface area contributed by atoms with Gasteiger partial charge in [-0.05, 0) is 60.6 Å². The van der Waals surface area contributed by atoms with Gasteiger partial charge in [-0.1, -0.05) is 26.0 Å². The molecule has 196 valence electrons. The van der Waals surface area contributed by atoms with Crippen LogP contribution in [0.2, 0.25) is 0 Å². The monoisotopic (exact) mass is 527 g/mol. The highest BCUT2D eigenvalue weighted by molar-refractivity contribution is 7.86. The van der Waals surface area contributed by atoms with Crippen LogP contribution in [0.25, 0.3) is 10.8 Å². The molecule has 2 heterocycles. The zero-order valence-electron chi connectivity index (χ0n) is 20.8. The van der Waals surface area contributed by atoms with Crippen molar-refractivity contribution >= 4 is 38.5 Å². The third kappa shape index (κ3) is 3.72. The number of benzene rings is 2. The van der Waals surface area contributed by atoms with Crippen LogP contribution in [0.15, 0.2) is 30.3 Å². The van der Waals surface area contributed by atoms with Crippen LogP contribution in [0.5, 0.6) is 5.75 Å². The maximum Gasteiger partial charge on any atom is 0.289 e. The number of rotatable bonds is 7. The lowest BCUT2D eigenvalue weighted by Gasteiger charge is -2.36. The largest absolute Gasteiger partial charge is 0.491 e. The Balaban J connectivity index is 1.30. The maximum atomic E-state index is 13.5. The summed E-state index contributed by atoms with van der Waals surface area (Å²) in [5.41, 5.74) is -1.32. The van der Waals surface area contributed by atoms with Gasteiger partial charge in [0.05, 0.1) is 28.4 Å². The Labute approximate surface area is 215 Å². The van der Waals surface area contributed by atoms with Crippen LogP contribution in [0.4, 0.5) is 0 Å². The van der Waals surface area contributed by atoms with Crippen LogP contribution in [0.1, 0.15) is 66.7 Å². The van der Waals surface area contributed by atoms with E-state index in [9.17, 15) is 22.8 Å². The second-order valence-corrected chi connectivity index (χ2v) is 12.7. The summed E-state index contributed by atoms with van der Waals surface area (Å²) in [5, 5.41) is 1.35. The molecule has 0 N–H and O–H groups in total. The fraction of sp³-hybridized carbons (Fsp3) is 0.519. The number of imide groups is 1. The fourth-order valence-corrected chi connectivity index (χ4v) is 8.42. The van der Waals surface area contributed by atoms with Gasteiger partial charge in [0.15, 0.2) is 0 Å². The molecule has 0 radical (unpaired) electrons. The Hall–Kier alpha value is -2.82. The Morgan fingerprint density at radius 2 is 1.86 bits per heavy atom. The number of nitrogens with zero attached hydrogens (tertiary/aromatic N) is 1. The quantitative estimate of drug-likeness (QED) is 0.501. The molecule has 2 bridgehead atoms. The summed E-state index contributed by atoms with van der Waals surface area (Å²) in [6.45, 7) is 4.83. The zero-order chi connectivity index (χ0) is 26.2. The predicted molar refractivity (Wildman–Crippen MR) is 132 cm³/mol. The molecule has 3 unspecified atom stereocenters. The van der Waals surface area contributed by atoms with E-state index in [2.05, 4.69) is 0 Å². The summed E-state index contributed by atoms with van der Waals surface area (Å²) >= 11 is 0. The highest BCUT2D eigenvalue weighted by Crippen LogP contribution is 2.64. The van der Waals surface area contributed by atoms with Gasteiger partial charge in [-0.15, -0.1) is 9.35 Å². The molecular formula is C27H29NO8S. The Morgan fingerprint density at radius 3 is 2.54 bits per heavy atom. The van der Waals surface area contributed by atoms with E-state index in [1.807, 2.05) is 13.8 Å². The predicted octanol–water partition coefficient (Wildman–Crippen LogP) is 3.65. The third-order valence-electron chi connectivity index (χ3n) is 8.99. The molecule has 1 saturated heterocycles. The molecule has 10 heteroatoms. The third-order valence-corrected chi connectivity index (χ3v) is 10.2. The first kappa shape index (κ1) is 24.5. The minimum absolute atomic E-state index is 0.0299. The average molecular weight is 528 g/mol. The van der Waals surface area contributed by atoms with Gasteiger partial charge in [-0.3, -0.25) is 14.4 Å². The van der Waals surface area contributed by atoms with Gasteiger partial charge in [-0.25, -0.2) is 0 Å². The molecule has 9 nitrogen and oxygen atoms in total. The van der Waals surface area contributed by atoms with E-state index < -0.39 is 38.5 Å². The van der Waals surface area contributed by atoms with E-state index in [1.165, 1.54) is 12.1 Å². The lowest BCUT2D eigenvalue weighted by Crippen LogP contribution is -2.46. The van der Waals surface area contributed by atoms with E-state index in [0.717, 1.165) is 19.3 Å². The van der Waals surface area contributed by atoms with Gasteiger partial charge >= 0.3 is 0 Å². The van der Waals surface area contributed by atoms with Crippen molar-refractivity contribution in [2.24, 2.45) is 16.7 Å². The Kier molecular flexibility index (Phi) is 5.53. The molecule has 0 aromatic heterocycles. The van der Waals surface area contributed by atoms with Crippen LogP contribution < -0.4 is 4.74 Å². The normalized spacial score (nSPS) is 28.5. The number of carbonyl (C=O) groups excluding carboxylic acids is 3. The second-order valence-electron chi connectivity index (χ2n) is 11.2. The molecule has 6 rings (SSSR count). The van der Waals surface area contributed by atoms with Crippen LogP contribution in [-0.2, 0) is 23.9 Å². The van der Waals surface area contributed by atoms with Crippen molar-refractivity contribution < 1.29 is 36.6 Å². The highest BCUT2D eigenvalue weighted by atomic mass is 32.2. The molecule has 3 fully saturated rings. The molecule has 2 aliphatic heterocycles. The number of hydrogen-bond acceptors (Lipinski definition) is 8. The molecule has 2 aromatic rings. The lowest BCUT2D eigenvalue weighted by atomic mass is 9.70. The van der Waals surface area contributed by atoms with Gasteiger partial charge in [-0.2, -0.15) is 8.42 Å². The van der Waals surface area contributed by atoms with Gasteiger partial charge in [0, 0.05) is 18.4 Å². The van der Waals surface area contributed by atoms with Gasteiger partial charge in [0.1, 0.15) is 18.1 Å². The minimum Gasteiger partial charge on any atom is -0.491 e. The van der Waals surface area contributed by atoms with Crippen molar-refractivity contribution in [1.82, 2.24) is 5.06 Å². The molecule has 0 spiro atoms. The number of hydrogen-bond donors (Lipinski definition) is 0. The average Bonchev–Trinajstić information content (AvgIpc) is 3.50. The van der Waals surface area contributed by atoms with Crippen LogP contribution >= 0.6 is 0 Å². The minimum atomic E-state index is -4.47. The van der Waals surface area contributed by atoms with Gasteiger partial charge < -0.3 is 9.47 Å². The summed E-state index contributed by atoms with van der Waals surface area (Å²) in [4.78, 5) is 39.6. The standard InChI is InChI=1S/C27H29NO8S/c1-26(2)17-8-9-27(26,22(29)12-17)15-37(32,33)36-28-24(30)20-7-3-5-16-11-19(13-21(23(16)20)25(28)31)35-14-18-6-4-10-34-18/h3,5,7,11,13,17-18H,4,6,8-10,12,14-15H2,1-2H3. The van der Waals surface area contributed by atoms with Crippen molar-refractivity contribution in [3.05, 3.63) is 41.5 Å².